The van der Waals surface area contributed by atoms with Gasteiger partial charge in [-0.1, -0.05) is 18.2 Å². The second-order valence-corrected chi connectivity index (χ2v) is 4.30. The van der Waals surface area contributed by atoms with Gasteiger partial charge < -0.3 is 4.90 Å². The summed E-state index contributed by atoms with van der Waals surface area (Å²) in [4.78, 5) is 11.0. The normalized spacial score (nSPS) is 10.9. The summed E-state index contributed by atoms with van der Waals surface area (Å²) in [6, 6.07) is 10.3. The monoisotopic (exact) mass is 223 g/mol. The number of benzene rings is 1. The molecule has 3 heteroatoms. The van der Waals surface area contributed by atoms with Gasteiger partial charge in [0.05, 0.1) is 22.9 Å². The van der Waals surface area contributed by atoms with Crippen LogP contribution in [0.3, 0.4) is 0 Å². The largest absolute Gasteiger partial charge is 0.376 e. The molecule has 84 valence electrons. The molecular weight excluding hydrogens is 210 g/mol. The molecule has 17 heavy (non-hydrogen) atoms. The molecule has 0 atom stereocenters. The minimum Gasteiger partial charge on any atom is -0.376 e. The van der Waals surface area contributed by atoms with E-state index in [1.807, 2.05) is 32.6 Å². The fourth-order valence-electron chi connectivity index (χ4n) is 1.97. The van der Waals surface area contributed by atoms with Crippen molar-refractivity contribution in [2.45, 2.75) is 0 Å². The quantitative estimate of drug-likeness (QED) is 0.594. The van der Waals surface area contributed by atoms with Gasteiger partial charge in [-0.15, -0.1) is 0 Å². The van der Waals surface area contributed by atoms with E-state index >= 15 is 0 Å². The van der Waals surface area contributed by atoms with Crippen LogP contribution in [0.5, 0.6) is 0 Å². The fraction of sp³-hybridized carbons (Fsp3) is 0.143. The number of anilines is 1. The van der Waals surface area contributed by atoms with Crippen LogP contribution in [0.2, 0.25) is 0 Å². The van der Waals surface area contributed by atoms with E-state index in [0.717, 1.165) is 27.5 Å². The number of aromatic nitrogens is 2. The third kappa shape index (κ3) is 1.60. The molecule has 0 N–H and O–H groups in total. The van der Waals surface area contributed by atoms with Crippen LogP contribution < -0.4 is 4.90 Å². The third-order valence-electron chi connectivity index (χ3n) is 2.92. The molecule has 2 heterocycles. The number of nitrogens with zero attached hydrogens (tertiary/aromatic N) is 3. The van der Waals surface area contributed by atoms with Gasteiger partial charge in [-0.2, -0.15) is 0 Å². The van der Waals surface area contributed by atoms with Gasteiger partial charge in [-0.05, 0) is 12.1 Å². The van der Waals surface area contributed by atoms with E-state index in [-0.39, 0.29) is 0 Å². The molecule has 0 aliphatic rings. The van der Waals surface area contributed by atoms with Crippen LogP contribution in [0.15, 0.2) is 42.7 Å². The second kappa shape index (κ2) is 3.70. The lowest BCUT2D eigenvalue weighted by Crippen LogP contribution is -2.08. The molecule has 0 unspecified atom stereocenters. The molecule has 0 bridgehead atoms. The highest BCUT2D eigenvalue weighted by Crippen LogP contribution is 2.24. The van der Waals surface area contributed by atoms with Gasteiger partial charge in [0, 0.05) is 31.1 Å². The highest BCUT2D eigenvalue weighted by atomic mass is 15.1. The van der Waals surface area contributed by atoms with E-state index < -0.39 is 0 Å². The number of fused-ring (bicyclic) bond motifs is 3. The van der Waals surface area contributed by atoms with Crippen molar-refractivity contribution in [3.63, 3.8) is 0 Å². The van der Waals surface area contributed by atoms with Crippen molar-refractivity contribution >= 4 is 27.5 Å². The molecule has 1 aromatic carbocycles. The second-order valence-electron chi connectivity index (χ2n) is 4.30. The average Bonchev–Trinajstić information content (AvgIpc) is 2.38. The van der Waals surface area contributed by atoms with Gasteiger partial charge in [-0.25, -0.2) is 0 Å². The Labute approximate surface area is 99.7 Å². The van der Waals surface area contributed by atoms with Gasteiger partial charge >= 0.3 is 0 Å². The first-order valence-corrected chi connectivity index (χ1v) is 5.56. The van der Waals surface area contributed by atoms with Crippen LogP contribution >= 0.6 is 0 Å². The van der Waals surface area contributed by atoms with Gasteiger partial charge in [-0.3, -0.25) is 9.97 Å². The number of hydrogen-bond acceptors (Lipinski definition) is 3. The molecule has 3 aromatic rings. The molecule has 0 saturated heterocycles. The molecule has 3 nitrogen and oxygen atoms in total. The van der Waals surface area contributed by atoms with E-state index in [1.165, 1.54) is 0 Å². The minimum atomic E-state index is 0.966. The molecular formula is C14H13N3. The van der Waals surface area contributed by atoms with Crippen LogP contribution in [-0.2, 0) is 0 Å². The van der Waals surface area contributed by atoms with Crippen molar-refractivity contribution in [1.29, 1.82) is 0 Å². The van der Waals surface area contributed by atoms with E-state index in [9.17, 15) is 0 Å². The maximum Gasteiger partial charge on any atom is 0.0966 e. The predicted molar refractivity (Wildman–Crippen MR) is 71.4 cm³/mol. The zero-order chi connectivity index (χ0) is 11.8. The Morgan fingerprint density at radius 3 is 2.53 bits per heavy atom. The molecule has 0 aliphatic heterocycles. The van der Waals surface area contributed by atoms with Crippen molar-refractivity contribution in [3.8, 4) is 0 Å². The van der Waals surface area contributed by atoms with Crippen molar-refractivity contribution in [2.24, 2.45) is 0 Å². The van der Waals surface area contributed by atoms with Gasteiger partial charge in [0.15, 0.2) is 0 Å². The Hall–Kier alpha value is -2.16. The molecule has 0 amide bonds. The van der Waals surface area contributed by atoms with E-state index in [0.29, 0.717) is 0 Å². The first kappa shape index (κ1) is 10.0. The summed E-state index contributed by atoms with van der Waals surface area (Å²) in [5.74, 6) is 0. The Morgan fingerprint density at radius 1 is 0.941 bits per heavy atom. The van der Waals surface area contributed by atoms with Crippen LogP contribution in [0.25, 0.3) is 21.8 Å². The molecule has 0 spiro atoms. The van der Waals surface area contributed by atoms with E-state index in [2.05, 4.69) is 39.1 Å². The Kier molecular flexibility index (Phi) is 2.18. The summed E-state index contributed by atoms with van der Waals surface area (Å²) >= 11 is 0. The van der Waals surface area contributed by atoms with Gasteiger partial charge in [0.1, 0.15) is 0 Å². The summed E-state index contributed by atoms with van der Waals surface area (Å²) in [5.41, 5.74) is 3.04. The Balaban J connectivity index is 2.37. The van der Waals surface area contributed by atoms with Crippen molar-refractivity contribution in [2.75, 3.05) is 19.0 Å². The zero-order valence-corrected chi connectivity index (χ0v) is 9.88. The lowest BCUT2D eigenvalue weighted by Gasteiger charge is -2.12. The van der Waals surface area contributed by atoms with Crippen molar-refractivity contribution in [1.82, 2.24) is 9.97 Å². The molecule has 0 fully saturated rings. The average molecular weight is 223 g/mol. The number of hydrogen-bond donors (Lipinski definition) is 0. The smallest absolute Gasteiger partial charge is 0.0966 e. The standard InChI is InChI=1S/C14H13N3/c1-17(2)12-8-11-6-5-10-4-3-7-15-13(10)14(11)16-9-12/h3-9H,1-2H3. The molecule has 0 radical (unpaired) electrons. The summed E-state index contributed by atoms with van der Waals surface area (Å²) in [5, 5.41) is 2.26. The topological polar surface area (TPSA) is 29.0 Å². The van der Waals surface area contributed by atoms with Crippen LogP contribution in [0.4, 0.5) is 5.69 Å². The first-order valence-electron chi connectivity index (χ1n) is 5.56. The first-order chi connectivity index (χ1) is 8.25. The van der Waals surface area contributed by atoms with Crippen molar-refractivity contribution in [3.05, 3.63) is 42.7 Å². The maximum absolute atomic E-state index is 4.53. The molecule has 2 aromatic heterocycles. The SMILES string of the molecule is CN(C)c1cnc2c(ccc3cccnc32)c1. The number of rotatable bonds is 1. The molecule has 0 aliphatic carbocycles. The van der Waals surface area contributed by atoms with E-state index in [4.69, 9.17) is 0 Å². The molecule has 3 rings (SSSR count). The predicted octanol–water partition coefficient (Wildman–Crippen LogP) is 2.85. The van der Waals surface area contributed by atoms with Gasteiger partial charge in [0.25, 0.3) is 0 Å². The lowest BCUT2D eigenvalue weighted by atomic mass is 10.1. The highest BCUT2D eigenvalue weighted by Gasteiger charge is 2.04. The lowest BCUT2D eigenvalue weighted by molar-refractivity contribution is 1.12. The highest BCUT2D eigenvalue weighted by molar-refractivity contribution is 6.03. The molecule has 0 saturated carbocycles. The Bertz CT molecular complexity index is 689. The van der Waals surface area contributed by atoms with Crippen LogP contribution in [0.1, 0.15) is 0 Å². The van der Waals surface area contributed by atoms with E-state index in [1.54, 1.807) is 0 Å². The minimum absolute atomic E-state index is 0.966. The maximum atomic E-state index is 4.53. The summed E-state index contributed by atoms with van der Waals surface area (Å²) in [7, 11) is 4.03. The van der Waals surface area contributed by atoms with Crippen molar-refractivity contribution < 1.29 is 0 Å². The van der Waals surface area contributed by atoms with Crippen LogP contribution in [0, 0.1) is 0 Å². The van der Waals surface area contributed by atoms with Crippen LogP contribution in [-0.4, -0.2) is 24.1 Å². The summed E-state index contributed by atoms with van der Waals surface area (Å²) in [6.07, 6.45) is 3.69. The summed E-state index contributed by atoms with van der Waals surface area (Å²) < 4.78 is 0. The zero-order valence-electron chi connectivity index (χ0n) is 9.88. The fourth-order valence-corrected chi connectivity index (χ4v) is 1.97. The number of pyridine rings is 2. The third-order valence-corrected chi connectivity index (χ3v) is 2.92. The summed E-state index contributed by atoms with van der Waals surface area (Å²) in [6.45, 7) is 0. The Morgan fingerprint density at radius 2 is 1.71 bits per heavy atom. The van der Waals surface area contributed by atoms with Gasteiger partial charge in [0.2, 0.25) is 0 Å².